The van der Waals surface area contributed by atoms with E-state index in [-0.39, 0.29) is 5.30 Å². The molecule has 22 heavy (non-hydrogen) atoms. The largest absolute Gasteiger partial charge is 0.457 e. The maximum atomic E-state index is 11.6. The molecule has 0 aliphatic rings. The fraction of sp³-hybridized carbons (Fsp3) is 0.588. The predicted molar refractivity (Wildman–Crippen MR) is 98.9 cm³/mol. The summed E-state index contributed by atoms with van der Waals surface area (Å²) in [7, 11) is 2.53. The minimum absolute atomic E-state index is 0.220. The number of ether oxygens (including phenoxy) is 1. The third kappa shape index (κ3) is 10.4. The van der Waals surface area contributed by atoms with Gasteiger partial charge in [0.25, 0.3) is 0 Å². The quantitative estimate of drug-likeness (QED) is 0.234. The Morgan fingerprint density at radius 2 is 1.59 bits per heavy atom. The Labute approximate surface area is 147 Å². The van der Waals surface area contributed by atoms with E-state index in [4.69, 9.17) is 16.3 Å². The van der Waals surface area contributed by atoms with E-state index < -0.39 is 0 Å². The van der Waals surface area contributed by atoms with Crippen LogP contribution in [0.2, 0.25) is 5.02 Å². The Balaban J connectivity index is 1.94. The topological polar surface area (TPSA) is 26.3 Å². The highest BCUT2D eigenvalue weighted by Gasteiger charge is 2.05. The molecule has 0 fully saturated rings. The molecule has 0 aliphatic heterocycles. The van der Waals surface area contributed by atoms with Crippen molar-refractivity contribution in [3.05, 3.63) is 29.3 Å². The zero-order chi connectivity index (χ0) is 16.0. The number of unbranched alkanes of at least 4 members (excludes halogenated alkanes) is 7. The van der Waals surface area contributed by atoms with Crippen molar-refractivity contribution < 1.29 is 9.53 Å². The SMILES string of the molecule is CCCCCCCCCCOC(=O)SSc1ccc(Cl)cc1. The molecule has 0 heterocycles. The van der Waals surface area contributed by atoms with Gasteiger partial charge >= 0.3 is 5.30 Å². The van der Waals surface area contributed by atoms with E-state index in [9.17, 15) is 4.79 Å². The average molecular weight is 361 g/mol. The van der Waals surface area contributed by atoms with E-state index in [0.29, 0.717) is 11.6 Å². The van der Waals surface area contributed by atoms with E-state index in [1.807, 2.05) is 24.3 Å². The fourth-order valence-corrected chi connectivity index (χ4v) is 3.63. The summed E-state index contributed by atoms with van der Waals surface area (Å²) in [5, 5.41) is 0.481. The lowest BCUT2D eigenvalue weighted by atomic mass is 10.1. The number of rotatable bonds is 11. The number of hydrogen-bond acceptors (Lipinski definition) is 4. The summed E-state index contributed by atoms with van der Waals surface area (Å²) in [5.41, 5.74) is 0. The van der Waals surface area contributed by atoms with Crippen molar-refractivity contribution in [2.45, 2.75) is 63.2 Å². The van der Waals surface area contributed by atoms with Crippen LogP contribution in [-0.4, -0.2) is 11.9 Å². The van der Waals surface area contributed by atoms with Gasteiger partial charge in [0.05, 0.1) is 6.61 Å². The minimum Gasteiger partial charge on any atom is -0.457 e. The second-order valence-electron chi connectivity index (χ2n) is 5.19. The number of halogens is 1. The monoisotopic (exact) mass is 360 g/mol. The van der Waals surface area contributed by atoms with E-state index >= 15 is 0 Å². The average Bonchev–Trinajstić information content (AvgIpc) is 2.53. The van der Waals surface area contributed by atoms with Crippen molar-refractivity contribution in [1.82, 2.24) is 0 Å². The first-order chi connectivity index (χ1) is 10.7. The standard InChI is InChI=1S/C17H25ClO2S2/c1-2-3-4-5-6-7-8-9-14-20-17(19)22-21-16-12-10-15(18)11-13-16/h10-13H,2-9,14H2,1H3. The van der Waals surface area contributed by atoms with Gasteiger partial charge in [0.15, 0.2) is 0 Å². The Morgan fingerprint density at radius 3 is 2.23 bits per heavy atom. The third-order valence-corrected chi connectivity index (χ3v) is 5.53. The van der Waals surface area contributed by atoms with Gasteiger partial charge in [-0.3, -0.25) is 0 Å². The summed E-state index contributed by atoms with van der Waals surface area (Å²) >= 11 is 5.81. The van der Waals surface area contributed by atoms with Crippen LogP contribution in [0.25, 0.3) is 0 Å². The van der Waals surface area contributed by atoms with E-state index in [1.54, 1.807) is 0 Å². The van der Waals surface area contributed by atoms with Gasteiger partial charge in [-0.2, -0.15) is 0 Å². The molecule has 0 aliphatic carbocycles. The van der Waals surface area contributed by atoms with Crippen LogP contribution in [0.1, 0.15) is 58.3 Å². The summed E-state index contributed by atoms with van der Waals surface area (Å²) in [6.07, 6.45) is 9.98. The van der Waals surface area contributed by atoms with Gasteiger partial charge in [-0.15, -0.1) is 0 Å². The summed E-state index contributed by atoms with van der Waals surface area (Å²) in [6, 6.07) is 7.42. The molecule has 0 aromatic heterocycles. The van der Waals surface area contributed by atoms with Crippen LogP contribution in [0.15, 0.2) is 29.2 Å². The Hall–Kier alpha value is -0.320. The molecule has 0 atom stereocenters. The van der Waals surface area contributed by atoms with Gasteiger partial charge in [-0.05, 0) is 41.5 Å². The van der Waals surface area contributed by atoms with Crippen molar-refractivity contribution in [2.24, 2.45) is 0 Å². The molecule has 0 bridgehead atoms. The number of carbonyl (C=O) groups is 1. The van der Waals surface area contributed by atoms with Crippen LogP contribution in [0.5, 0.6) is 0 Å². The van der Waals surface area contributed by atoms with Crippen molar-refractivity contribution in [3.8, 4) is 0 Å². The maximum Gasteiger partial charge on any atom is 0.378 e. The first kappa shape index (κ1) is 19.7. The Bertz CT molecular complexity index is 410. The number of carbonyl (C=O) groups excluding carboxylic acids is 1. The smallest absolute Gasteiger partial charge is 0.378 e. The molecule has 0 radical (unpaired) electrons. The lowest BCUT2D eigenvalue weighted by Crippen LogP contribution is -1.98. The molecule has 2 nitrogen and oxygen atoms in total. The van der Waals surface area contributed by atoms with Crippen molar-refractivity contribution in [2.75, 3.05) is 6.61 Å². The molecule has 1 aromatic carbocycles. The van der Waals surface area contributed by atoms with Crippen LogP contribution in [-0.2, 0) is 4.74 Å². The van der Waals surface area contributed by atoms with Crippen LogP contribution >= 0.6 is 33.2 Å². The normalized spacial score (nSPS) is 10.6. The third-order valence-electron chi connectivity index (χ3n) is 3.24. The van der Waals surface area contributed by atoms with E-state index in [1.165, 1.54) is 49.3 Å². The predicted octanol–water partition coefficient (Wildman–Crippen LogP) is 7.36. The van der Waals surface area contributed by atoms with Gasteiger partial charge in [0.1, 0.15) is 0 Å². The van der Waals surface area contributed by atoms with Crippen molar-refractivity contribution in [1.29, 1.82) is 0 Å². The first-order valence-corrected chi connectivity index (χ1v) is 10.5. The lowest BCUT2D eigenvalue weighted by Gasteiger charge is -2.04. The first-order valence-electron chi connectivity index (χ1n) is 7.99. The van der Waals surface area contributed by atoms with Crippen LogP contribution in [0.3, 0.4) is 0 Å². The van der Waals surface area contributed by atoms with Crippen LogP contribution < -0.4 is 0 Å². The van der Waals surface area contributed by atoms with E-state index in [2.05, 4.69) is 6.92 Å². The maximum absolute atomic E-state index is 11.6. The van der Waals surface area contributed by atoms with E-state index in [0.717, 1.165) is 28.5 Å². The Kier molecular flexibility index (Phi) is 11.8. The number of benzene rings is 1. The highest BCUT2D eigenvalue weighted by molar-refractivity contribution is 8.82. The number of hydrogen-bond donors (Lipinski definition) is 0. The summed E-state index contributed by atoms with van der Waals surface area (Å²) in [6.45, 7) is 2.76. The van der Waals surface area contributed by atoms with Gasteiger partial charge in [0.2, 0.25) is 0 Å². The molecule has 124 valence electrons. The van der Waals surface area contributed by atoms with Gasteiger partial charge < -0.3 is 4.74 Å². The molecule has 0 N–H and O–H groups in total. The molecule has 1 aromatic rings. The molecule has 0 saturated heterocycles. The van der Waals surface area contributed by atoms with Gasteiger partial charge in [-0.25, -0.2) is 4.79 Å². The van der Waals surface area contributed by atoms with Gasteiger partial charge in [0, 0.05) is 20.7 Å². The lowest BCUT2D eigenvalue weighted by molar-refractivity contribution is 0.172. The second-order valence-corrected chi connectivity index (χ2v) is 7.77. The van der Waals surface area contributed by atoms with Crippen molar-refractivity contribution >= 4 is 38.5 Å². The second kappa shape index (κ2) is 13.1. The minimum atomic E-state index is -0.220. The van der Waals surface area contributed by atoms with Crippen LogP contribution in [0, 0.1) is 0 Å². The van der Waals surface area contributed by atoms with Crippen molar-refractivity contribution in [3.63, 3.8) is 0 Å². The van der Waals surface area contributed by atoms with Gasteiger partial charge in [-0.1, -0.05) is 63.5 Å². The molecule has 0 spiro atoms. The Morgan fingerprint density at radius 1 is 1.00 bits per heavy atom. The molecule has 0 unspecified atom stereocenters. The highest BCUT2D eigenvalue weighted by atomic mass is 35.5. The molecule has 1 rings (SSSR count). The molecule has 5 heteroatoms. The summed E-state index contributed by atoms with van der Waals surface area (Å²) in [4.78, 5) is 12.6. The highest BCUT2D eigenvalue weighted by Crippen LogP contribution is 2.32. The summed E-state index contributed by atoms with van der Waals surface area (Å²) < 4.78 is 5.21. The summed E-state index contributed by atoms with van der Waals surface area (Å²) in [5.74, 6) is 0. The van der Waals surface area contributed by atoms with Crippen LogP contribution in [0.4, 0.5) is 4.79 Å². The molecule has 0 amide bonds. The zero-order valence-corrected chi connectivity index (χ0v) is 15.6. The zero-order valence-electron chi connectivity index (χ0n) is 13.2. The molecular formula is C17H25ClO2S2. The molecule has 0 saturated carbocycles. The molecular weight excluding hydrogens is 336 g/mol. The fourth-order valence-electron chi connectivity index (χ4n) is 1.99.